The quantitative estimate of drug-likeness (QED) is 0.775. The lowest BCUT2D eigenvalue weighted by Gasteiger charge is -2.05. The average Bonchev–Trinajstić information content (AvgIpc) is 2.83. The van der Waals surface area contributed by atoms with Gasteiger partial charge in [0.2, 0.25) is 0 Å². The highest BCUT2D eigenvalue weighted by Crippen LogP contribution is 2.20. The summed E-state index contributed by atoms with van der Waals surface area (Å²) in [6, 6.07) is 13.4. The third kappa shape index (κ3) is 2.10. The summed E-state index contributed by atoms with van der Waals surface area (Å²) >= 11 is 0. The van der Waals surface area contributed by atoms with Crippen LogP contribution in [0.1, 0.15) is 11.4 Å². The maximum Gasteiger partial charge on any atom is 0.157 e. The highest BCUT2D eigenvalue weighted by Gasteiger charge is 2.09. The molecule has 2 N–H and O–H groups in total. The van der Waals surface area contributed by atoms with E-state index in [2.05, 4.69) is 10.1 Å². The van der Waals surface area contributed by atoms with Crippen LogP contribution in [0.25, 0.3) is 5.65 Å². The van der Waals surface area contributed by atoms with E-state index in [1.54, 1.807) is 17.7 Å². The maximum absolute atomic E-state index is 5.85. The number of nitrogens with zero attached hydrogens (tertiary/aromatic N) is 3. The predicted molar refractivity (Wildman–Crippen MR) is 73.2 cm³/mol. The van der Waals surface area contributed by atoms with Crippen molar-refractivity contribution in [3.63, 3.8) is 0 Å². The third-order valence-electron chi connectivity index (χ3n) is 2.97. The largest absolute Gasteiger partial charge is 0.496 e. The number of anilines is 1. The Kier molecular flexibility index (Phi) is 2.79. The number of nitrogen functional groups attached to an aromatic ring is 1. The van der Waals surface area contributed by atoms with Gasteiger partial charge in [-0.3, -0.25) is 0 Å². The maximum atomic E-state index is 5.85. The van der Waals surface area contributed by atoms with Crippen molar-refractivity contribution < 1.29 is 4.74 Å². The van der Waals surface area contributed by atoms with Crippen LogP contribution in [0, 0.1) is 0 Å². The van der Waals surface area contributed by atoms with Crippen molar-refractivity contribution in [3.05, 3.63) is 53.9 Å². The van der Waals surface area contributed by atoms with Crippen molar-refractivity contribution in [1.82, 2.24) is 14.6 Å². The number of aromatic nitrogens is 3. The van der Waals surface area contributed by atoms with Crippen LogP contribution in [0.15, 0.2) is 42.5 Å². The number of ether oxygens (including phenoxy) is 1. The van der Waals surface area contributed by atoms with Crippen molar-refractivity contribution >= 4 is 11.5 Å². The van der Waals surface area contributed by atoms with Crippen LogP contribution < -0.4 is 10.5 Å². The van der Waals surface area contributed by atoms with Gasteiger partial charge in [-0.25, -0.2) is 4.98 Å². The van der Waals surface area contributed by atoms with E-state index in [0.29, 0.717) is 12.2 Å². The molecule has 0 atom stereocenters. The number of fused-ring (bicyclic) bond motifs is 1. The minimum absolute atomic E-state index is 0.580. The Balaban J connectivity index is 1.99. The van der Waals surface area contributed by atoms with Crippen molar-refractivity contribution in [2.75, 3.05) is 12.8 Å². The van der Waals surface area contributed by atoms with Gasteiger partial charge >= 0.3 is 0 Å². The van der Waals surface area contributed by atoms with Gasteiger partial charge in [0.05, 0.1) is 7.11 Å². The Hall–Kier alpha value is -2.56. The van der Waals surface area contributed by atoms with Crippen LogP contribution >= 0.6 is 0 Å². The molecule has 0 radical (unpaired) electrons. The zero-order valence-electron chi connectivity index (χ0n) is 10.6. The van der Waals surface area contributed by atoms with Crippen LogP contribution in [0.2, 0.25) is 0 Å². The van der Waals surface area contributed by atoms with E-state index in [4.69, 9.17) is 10.5 Å². The van der Waals surface area contributed by atoms with Gasteiger partial charge in [0.25, 0.3) is 0 Å². The average molecular weight is 254 g/mol. The molecule has 0 aliphatic rings. The van der Waals surface area contributed by atoms with Gasteiger partial charge in [0, 0.05) is 12.0 Å². The molecular weight excluding hydrogens is 240 g/mol. The lowest BCUT2D eigenvalue weighted by Crippen LogP contribution is -1.98. The molecule has 1 aromatic carbocycles. The second kappa shape index (κ2) is 4.61. The fourth-order valence-corrected chi connectivity index (χ4v) is 2.06. The molecule has 0 fully saturated rings. The van der Waals surface area contributed by atoms with Gasteiger partial charge in [-0.1, -0.05) is 24.3 Å². The summed E-state index contributed by atoms with van der Waals surface area (Å²) in [7, 11) is 1.66. The molecule has 5 heteroatoms. The summed E-state index contributed by atoms with van der Waals surface area (Å²) < 4.78 is 6.97. The van der Waals surface area contributed by atoms with Gasteiger partial charge in [-0.05, 0) is 18.2 Å². The molecule has 0 amide bonds. The first-order valence-corrected chi connectivity index (χ1v) is 6.00. The topological polar surface area (TPSA) is 65.4 Å². The Bertz CT molecular complexity index is 720. The molecule has 0 spiro atoms. The Morgan fingerprint density at radius 3 is 2.79 bits per heavy atom. The molecule has 3 aromatic rings. The van der Waals surface area contributed by atoms with E-state index in [1.165, 1.54) is 0 Å². The normalized spacial score (nSPS) is 10.8. The number of para-hydroxylation sites is 1. The molecule has 5 nitrogen and oxygen atoms in total. The lowest BCUT2D eigenvalue weighted by atomic mass is 10.1. The molecule has 3 rings (SSSR count). The van der Waals surface area contributed by atoms with Gasteiger partial charge in [-0.2, -0.15) is 4.52 Å². The SMILES string of the molecule is COc1ccccc1Cc1nc2cccc(N)n2n1. The van der Waals surface area contributed by atoms with E-state index < -0.39 is 0 Å². The van der Waals surface area contributed by atoms with Crippen LogP contribution in [-0.4, -0.2) is 21.7 Å². The highest BCUT2D eigenvalue weighted by molar-refractivity contribution is 5.46. The first kappa shape index (κ1) is 11.5. The molecule has 0 bridgehead atoms. The number of hydrogen-bond donors (Lipinski definition) is 1. The number of nitrogens with two attached hydrogens (primary N) is 1. The molecule has 19 heavy (non-hydrogen) atoms. The van der Waals surface area contributed by atoms with Crippen LogP contribution in [0.4, 0.5) is 5.82 Å². The molecule has 0 unspecified atom stereocenters. The summed E-state index contributed by atoms with van der Waals surface area (Å²) in [5, 5.41) is 4.41. The van der Waals surface area contributed by atoms with Gasteiger partial charge in [-0.15, -0.1) is 5.10 Å². The van der Waals surface area contributed by atoms with Crippen molar-refractivity contribution in [2.45, 2.75) is 6.42 Å². The molecule has 2 heterocycles. The smallest absolute Gasteiger partial charge is 0.157 e. The molecule has 0 saturated heterocycles. The van der Waals surface area contributed by atoms with Crippen LogP contribution in [-0.2, 0) is 6.42 Å². The zero-order valence-corrected chi connectivity index (χ0v) is 10.6. The van der Waals surface area contributed by atoms with Crippen molar-refractivity contribution in [3.8, 4) is 5.75 Å². The molecule has 0 aliphatic carbocycles. The summed E-state index contributed by atoms with van der Waals surface area (Å²) in [6.07, 6.45) is 0.616. The van der Waals surface area contributed by atoms with E-state index in [9.17, 15) is 0 Å². The summed E-state index contributed by atoms with van der Waals surface area (Å²) in [5.41, 5.74) is 7.66. The lowest BCUT2D eigenvalue weighted by molar-refractivity contribution is 0.410. The summed E-state index contributed by atoms with van der Waals surface area (Å²) in [4.78, 5) is 4.46. The molecule has 2 aromatic heterocycles. The van der Waals surface area contributed by atoms with E-state index in [-0.39, 0.29) is 0 Å². The van der Waals surface area contributed by atoms with Crippen molar-refractivity contribution in [2.24, 2.45) is 0 Å². The van der Waals surface area contributed by atoms with Gasteiger partial charge in [0.1, 0.15) is 11.6 Å². The first-order valence-electron chi connectivity index (χ1n) is 6.00. The highest BCUT2D eigenvalue weighted by atomic mass is 16.5. The molecule has 96 valence electrons. The first-order chi connectivity index (χ1) is 9.28. The summed E-state index contributed by atoms with van der Waals surface area (Å²) in [6.45, 7) is 0. The number of methoxy groups -OCH3 is 1. The Morgan fingerprint density at radius 1 is 1.16 bits per heavy atom. The van der Waals surface area contributed by atoms with Crippen LogP contribution in [0.5, 0.6) is 5.75 Å². The minimum atomic E-state index is 0.580. The fraction of sp³-hybridized carbons (Fsp3) is 0.143. The fourth-order valence-electron chi connectivity index (χ4n) is 2.06. The predicted octanol–water partition coefficient (Wildman–Crippen LogP) is 1.91. The molecular formula is C14H14N4O. The number of pyridine rings is 1. The van der Waals surface area contributed by atoms with E-state index in [1.807, 2.05) is 36.4 Å². The summed E-state index contributed by atoms with van der Waals surface area (Å²) in [5.74, 6) is 2.15. The molecule has 0 aliphatic heterocycles. The standard InChI is InChI=1S/C14H14N4O/c1-19-11-6-3-2-5-10(11)9-13-16-14-8-4-7-12(15)18(14)17-13/h2-8H,9,15H2,1H3. The van der Waals surface area contributed by atoms with E-state index in [0.717, 1.165) is 22.8 Å². The second-order valence-corrected chi connectivity index (χ2v) is 4.24. The zero-order chi connectivity index (χ0) is 13.2. The van der Waals surface area contributed by atoms with Gasteiger partial charge in [0.15, 0.2) is 11.5 Å². The van der Waals surface area contributed by atoms with Crippen molar-refractivity contribution in [1.29, 1.82) is 0 Å². The minimum Gasteiger partial charge on any atom is -0.496 e. The van der Waals surface area contributed by atoms with Gasteiger partial charge < -0.3 is 10.5 Å². The third-order valence-corrected chi connectivity index (χ3v) is 2.97. The number of rotatable bonds is 3. The monoisotopic (exact) mass is 254 g/mol. The van der Waals surface area contributed by atoms with E-state index >= 15 is 0 Å². The number of benzene rings is 1. The Morgan fingerprint density at radius 2 is 2.00 bits per heavy atom. The second-order valence-electron chi connectivity index (χ2n) is 4.24. The van der Waals surface area contributed by atoms with Crippen LogP contribution in [0.3, 0.4) is 0 Å². The molecule has 0 saturated carbocycles. The number of hydrogen-bond acceptors (Lipinski definition) is 4. The Labute approximate surface area is 110 Å².